The molecule has 0 N–H and O–H groups in total. The van der Waals surface area contributed by atoms with Gasteiger partial charge in [-0.25, -0.2) is 13.2 Å². The lowest BCUT2D eigenvalue weighted by atomic mass is 9.85. The predicted octanol–water partition coefficient (Wildman–Crippen LogP) is 7.71. The van der Waals surface area contributed by atoms with Crippen LogP contribution in [0, 0.1) is 24.4 Å². The second-order valence-corrected chi connectivity index (χ2v) is 8.84. The monoisotopic (exact) mass is 404 g/mol. The molecule has 0 spiro atoms. The molecule has 0 aliphatic heterocycles. The zero-order chi connectivity index (χ0) is 22.1. The summed E-state index contributed by atoms with van der Waals surface area (Å²) < 4.78 is 75.7. The molecular formula is C22H26F6. The summed E-state index contributed by atoms with van der Waals surface area (Å²) in [4.78, 5) is 0. The van der Waals surface area contributed by atoms with Crippen LogP contribution >= 0.6 is 0 Å². The van der Waals surface area contributed by atoms with Crippen LogP contribution in [0.3, 0.4) is 0 Å². The predicted molar refractivity (Wildman–Crippen MR) is 99.9 cm³/mol. The molecule has 28 heavy (non-hydrogen) atoms. The number of hydrogen-bond donors (Lipinski definition) is 0. The number of hydrogen-bond acceptors (Lipinski definition) is 0. The van der Waals surface area contributed by atoms with Crippen molar-refractivity contribution in [3.05, 3.63) is 70.0 Å². The van der Waals surface area contributed by atoms with E-state index in [0.717, 1.165) is 17.7 Å². The molecule has 2 aromatic carbocycles. The fourth-order valence-electron chi connectivity index (χ4n) is 2.37. The molecule has 0 aliphatic rings. The molecule has 0 heterocycles. The van der Waals surface area contributed by atoms with Gasteiger partial charge in [0, 0.05) is 0 Å². The summed E-state index contributed by atoms with van der Waals surface area (Å²) in [5.74, 6) is -3.68. The molecule has 6 heteroatoms. The molecule has 0 amide bonds. The molecule has 0 saturated carbocycles. The highest BCUT2D eigenvalue weighted by Gasteiger charge is 2.31. The van der Waals surface area contributed by atoms with Crippen molar-refractivity contribution < 1.29 is 26.3 Å². The van der Waals surface area contributed by atoms with E-state index in [1.54, 1.807) is 33.8 Å². The third kappa shape index (κ3) is 6.57. The number of halogens is 6. The maximum Gasteiger partial charge on any atom is 0.416 e. The number of benzene rings is 2. The molecule has 0 unspecified atom stereocenters. The summed E-state index contributed by atoms with van der Waals surface area (Å²) in [6.07, 6.45) is -4.26. The van der Waals surface area contributed by atoms with Crippen molar-refractivity contribution in [2.75, 3.05) is 0 Å². The Labute approximate surface area is 162 Å². The van der Waals surface area contributed by atoms with Gasteiger partial charge in [-0.2, -0.15) is 13.2 Å². The number of aryl methyl sites for hydroxylation is 1. The molecule has 0 aliphatic carbocycles. The minimum Gasteiger partial charge on any atom is -0.204 e. The van der Waals surface area contributed by atoms with Crippen molar-refractivity contribution in [2.45, 2.75) is 65.5 Å². The first-order valence-corrected chi connectivity index (χ1v) is 8.77. The van der Waals surface area contributed by atoms with E-state index in [0.29, 0.717) is 11.1 Å². The third-order valence-electron chi connectivity index (χ3n) is 4.12. The van der Waals surface area contributed by atoms with Crippen LogP contribution in [-0.4, -0.2) is 0 Å². The van der Waals surface area contributed by atoms with Crippen LogP contribution in [0.2, 0.25) is 0 Å². The highest BCUT2D eigenvalue weighted by Crippen LogP contribution is 2.33. The number of alkyl halides is 3. The van der Waals surface area contributed by atoms with E-state index in [-0.39, 0.29) is 10.8 Å². The van der Waals surface area contributed by atoms with Gasteiger partial charge in [-0.15, -0.1) is 0 Å². The molecular weight excluding hydrogens is 378 g/mol. The second kappa shape index (κ2) is 8.18. The molecule has 0 atom stereocenters. The first kappa shape index (κ1) is 24.1. The van der Waals surface area contributed by atoms with Gasteiger partial charge < -0.3 is 0 Å². The Morgan fingerprint density at radius 3 is 1.29 bits per heavy atom. The van der Waals surface area contributed by atoms with Gasteiger partial charge >= 0.3 is 6.18 Å². The van der Waals surface area contributed by atoms with Crippen molar-refractivity contribution in [1.82, 2.24) is 0 Å². The standard InChI is InChI=1S/C12H15F3.C10H11F3/c1-8-5-9(11(2,3)4)7-10(6-8)12(13,14)15;1-10(2,3)6-4-7(11)9(13)8(12)5-6/h5-7H,1-4H3;4-5H,1-3H3. The van der Waals surface area contributed by atoms with E-state index in [2.05, 4.69) is 0 Å². The highest BCUT2D eigenvalue weighted by atomic mass is 19.4. The van der Waals surface area contributed by atoms with Crippen LogP contribution in [0.15, 0.2) is 30.3 Å². The van der Waals surface area contributed by atoms with Crippen molar-refractivity contribution >= 4 is 0 Å². The summed E-state index contributed by atoms with van der Waals surface area (Å²) in [5.41, 5.74) is 0.613. The SMILES string of the molecule is CC(C)(C)c1cc(F)c(F)c(F)c1.Cc1cc(C(C)(C)C)cc(C(F)(F)F)c1. The Hall–Kier alpha value is -1.98. The molecule has 2 rings (SSSR count). The average Bonchev–Trinajstić information content (AvgIpc) is 2.49. The number of rotatable bonds is 0. The molecule has 2 aromatic rings. The van der Waals surface area contributed by atoms with Crippen LogP contribution in [0.4, 0.5) is 26.3 Å². The second-order valence-electron chi connectivity index (χ2n) is 8.84. The van der Waals surface area contributed by atoms with Crippen molar-refractivity contribution in [2.24, 2.45) is 0 Å². The highest BCUT2D eigenvalue weighted by molar-refractivity contribution is 5.34. The topological polar surface area (TPSA) is 0 Å². The zero-order valence-corrected chi connectivity index (χ0v) is 17.2. The third-order valence-corrected chi connectivity index (χ3v) is 4.12. The maximum absolute atomic E-state index is 12.8. The minimum atomic E-state index is -4.26. The summed E-state index contributed by atoms with van der Waals surface area (Å²) in [5, 5.41) is 0. The van der Waals surface area contributed by atoms with E-state index in [9.17, 15) is 26.3 Å². The molecule has 0 aromatic heterocycles. The van der Waals surface area contributed by atoms with E-state index >= 15 is 0 Å². The summed E-state index contributed by atoms with van der Waals surface area (Å²) >= 11 is 0. The van der Waals surface area contributed by atoms with Gasteiger partial charge in [0.1, 0.15) is 0 Å². The lowest BCUT2D eigenvalue weighted by Gasteiger charge is -2.21. The summed E-state index contributed by atoms with van der Waals surface area (Å²) in [6.45, 7) is 12.8. The van der Waals surface area contributed by atoms with Gasteiger partial charge in [-0.05, 0) is 53.1 Å². The van der Waals surface area contributed by atoms with Crippen LogP contribution in [-0.2, 0) is 17.0 Å². The van der Waals surface area contributed by atoms with E-state index in [1.807, 2.05) is 20.8 Å². The summed E-state index contributed by atoms with van der Waals surface area (Å²) in [7, 11) is 0. The Morgan fingerprint density at radius 2 is 0.929 bits per heavy atom. The smallest absolute Gasteiger partial charge is 0.204 e. The fraction of sp³-hybridized carbons (Fsp3) is 0.455. The van der Waals surface area contributed by atoms with Crippen molar-refractivity contribution in [3.8, 4) is 0 Å². The van der Waals surface area contributed by atoms with Crippen LogP contribution in [0.25, 0.3) is 0 Å². The van der Waals surface area contributed by atoms with E-state index < -0.39 is 29.2 Å². The van der Waals surface area contributed by atoms with Gasteiger partial charge in [0.05, 0.1) is 5.56 Å². The van der Waals surface area contributed by atoms with Crippen LogP contribution < -0.4 is 0 Å². The van der Waals surface area contributed by atoms with Gasteiger partial charge in [-0.3, -0.25) is 0 Å². The Balaban J connectivity index is 0.000000283. The largest absolute Gasteiger partial charge is 0.416 e. The van der Waals surface area contributed by atoms with Gasteiger partial charge in [-0.1, -0.05) is 53.2 Å². The minimum absolute atomic E-state index is 0.258. The Kier molecular flexibility index (Phi) is 7.02. The zero-order valence-electron chi connectivity index (χ0n) is 17.2. The van der Waals surface area contributed by atoms with Crippen molar-refractivity contribution in [3.63, 3.8) is 0 Å². The van der Waals surface area contributed by atoms with Gasteiger partial charge in [0.15, 0.2) is 17.5 Å². The Morgan fingerprint density at radius 1 is 0.571 bits per heavy atom. The van der Waals surface area contributed by atoms with E-state index in [1.165, 1.54) is 12.1 Å². The molecule has 0 nitrogen and oxygen atoms in total. The lowest BCUT2D eigenvalue weighted by molar-refractivity contribution is -0.137. The molecule has 0 radical (unpaired) electrons. The van der Waals surface area contributed by atoms with Crippen molar-refractivity contribution in [1.29, 1.82) is 0 Å². The van der Waals surface area contributed by atoms with Gasteiger partial charge in [0.25, 0.3) is 0 Å². The first-order chi connectivity index (χ1) is 12.4. The maximum atomic E-state index is 12.8. The Bertz CT molecular complexity index is 765. The summed E-state index contributed by atoms with van der Waals surface area (Å²) in [6, 6.07) is 6.26. The molecule has 156 valence electrons. The normalized spacial score (nSPS) is 12.5. The fourth-order valence-corrected chi connectivity index (χ4v) is 2.37. The van der Waals surface area contributed by atoms with Crippen LogP contribution in [0.5, 0.6) is 0 Å². The average molecular weight is 404 g/mol. The molecule has 0 saturated heterocycles. The van der Waals surface area contributed by atoms with E-state index in [4.69, 9.17) is 0 Å². The quantitative estimate of drug-likeness (QED) is 0.312. The first-order valence-electron chi connectivity index (χ1n) is 8.77. The van der Waals surface area contributed by atoms with Crippen LogP contribution in [0.1, 0.15) is 63.8 Å². The molecule has 0 fully saturated rings. The molecule has 0 bridgehead atoms. The van der Waals surface area contributed by atoms with Gasteiger partial charge in [0.2, 0.25) is 0 Å². The lowest BCUT2D eigenvalue weighted by Crippen LogP contribution is -2.14.